The summed E-state index contributed by atoms with van der Waals surface area (Å²) in [7, 11) is 0. The zero-order chi connectivity index (χ0) is 26.4. The van der Waals surface area contributed by atoms with E-state index in [0.717, 1.165) is 25.0 Å². The van der Waals surface area contributed by atoms with Crippen molar-refractivity contribution >= 4 is 17.5 Å². The van der Waals surface area contributed by atoms with Gasteiger partial charge in [-0.15, -0.1) is 5.10 Å². The molecule has 1 aliphatic carbocycles. The summed E-state index contributed by atoms with van der Waals surface area (Å²) in [5, 5.41) is 13.0. The van der Waals surface area contributed by atoms with Gasteiger partial charge in [0, 0.05) is 44.0 Å². The molecule has 0 unspecified atom stereocenters. The van der Waals surface area contributed by atoms with Crippen LogP contribution in [0.3, 0.4) is 0 Å². The molecule has 2 heterocycles. The number of aromatic nitrogens is 4. The van der Waals surface area contributed by atoms with E-state index in [-0.39, 0.29) is 23.7 Å². The van der Waals surface area contributed by atoms with Crippen LogP contribution in [0.4, 0.5) is 18.9 Å². The number of benzene rings is 1. The number of hydrogen-bond acceptors (Lipinski definition) is 5. The quantitative estimate of drug-likeness (QED) is 0.379. The Labute approximate surface area is 210 Å². The van der Waals surface area contributed by atoms with Gasteiger partial charge in [-0.2, -0.15) is 13.2 Å². The Morgan fingerprint density at radius 1 is 1.08 bits per heavy atom. The number of nitrogens with one attached hydrogen (secondary N) is 2. The molecule has 4 rings (SSSR count). The van der Waals surface area contributed by atoms with E-state index in [1.54, 1.807) is 16.8 Å². The fraction of sp³-hybridized carbons (Fsp3) is 0.400. The first-order valence-corrected chi connectivity index (χ1v) is 12.0. The van der Waals surface area contributed by atoms with E-state index in [9.17, 15) is 27.6 Å². The molecule has 2 N–H and O–H groups in total. The van der Waals surface area contributed by atoms with Crippen molar-refractivity contribution in [2.75, 3.05) is 5.32 Å². The first-order valence-electron chi connectivity index (χ1n) is 12.0. The molecule has 0 atom stereocenters. The lowest BCUT2D eigenvalue weighted by Gasteiger charge is -2.09. The highest BCUT2D eigenvalue weighted by Crippen LogP contribution is 2.32. The first kappa shape index (κ1) is 26.1. The molecule has 0 bridgehead atoms. The molecule has 3 aromatic rings. The highest BCUT2D eigenvalue weighted by molar-refractivity contribution is 5.92. The van der Waals surface area contributed by atoms with Crippen LogP contribution in [0.25, 0.3) is 0 Å². The van der Waals surface area contributed by atoms with Gasteiger partial charge in [0.1, 0.15) is 0 Å². The van der Waals surface area contributed by atoms with Crippen LogP contribution in [-0.2, 0) is 30.6 Å². The molecule has 9 nitrogen and oxygen atoms in total. The monoisotopic (exact) mass is 516 g/mol. The van der Waals surface area contributed by atoms with Crippen molar-refractivity contribution in [3.8, 4) is 0 Å². The smallest absolute Gasteiger partial charge is 0.347 e. The standard InChI is InChI=1S/C25H27F3N6O3/c26-25(27,28)19-5-3-4-18(12-19)15-29-24(37)21-16-34(32-31-21)10-2-1-9-33-11-8-20(14-23(33)36)30-22(35)13-17-6-7-17/h3-5,8,11-12,14,16-17H,1-2,6-7,9-10,13,15H2,(H,29,37)(H,30,35). The Morgan fingerprint density at radius 3 is 2.59 bits per heavy atom. The Bertz CT molecular complexity index is 1310. The highest BCUT2D eigenvalue weighted by atomic mass is 19.4. The van der Waals surface area contributed by atoms with Gasteiger partial charge < -0.3 is 15.2 Å². The number of aryl methyl sites for hydroxylation is 2. The van der Waals surface area contributed by atoms with E-state index in [0.29, 0.717) is 49.5 Å². The summed E-state index contributed by atoms with van der Waals surface area (Å²) in [6.07, 6.45) is 2.66. The predicted octanol–water partition coefficient (Wildman–Crippen LogP) is 3.61. The lowest BCUT2D eigenvalue weighted by Crippen LogP contribution is -2.23. The summed E-state index contributed by atoms with van der Waals surface area (Å²) in [4.78, 5) is 36.5. The number of hydrogen-bond donors (Lipinski definition) is 2. The van der Waals surface area contributed by atoms with E-state index in [1.165, 1.54) is 29.1 Å². The first-order chi connectivity index (χ1) is 17.7. The van der Waals surface area contributed by atoms with Crippen molar-refractivity contribution in [1.82, 2.24) is 24.9 Å². The minimum absolute atomic E-state index is 0.0579. The number of pyridine rings is 1. The van der Waals surface area contributed by atoms with Gasteiger partial charge in [0.2, 0.25) is 5.91 Å². The summed E-state index contributed by atoms with van der Waals surface area (Å²) < 4.78 is 41.6. The molecule has 0 aliphatic heterocycles. The molecule has 1 fully saturated rings. The van der Waals surface area contributed by atoms with Gasteiger partial charge in [-0.25, -0.2) is 0 Å². The van der Waals surface area contributed by atoms with Crippen molar-refractivity contribution in [3.63, 3.8) is 0 Å². The van der Waals surface area contributed by atoms with Crippen LogP contribution >= 0.6 is 0 Å². The number of rotatable bonds is 11. The minimum Gasteiger partial charge on any atom is -0.347 e. The molecule has 1 saturated carbocycles. The molecular weight excluding hydrogens is 489 g/mol. The van der Waals surface area contributed by atoms with Crippen molar-refractivity contribution < 1.29 is 22.8 Å². The van der Waals surface area contributed by atoms with Gasteiger partial charge in [0.15, 0.2) is 5.69 Å². The van der Waals surface area contributed by atoms with Crippen LogP contribution in [0, 0.1) is 5.92 Å². The summed E-state index contributed by atoms with van der Waals surface area (Å²) >= 11 is 0. The molecule has 0 spiro atoms. The largest absolute Gasteiger partial charge is 0.416 e. The number of amides is 2. The van der Waals surface area contributed by atoms with Gasteiger partial charge in [0.25, 0.3) is 11.5 Å². The van der Waals surface area contributed by atoms with Gasteiger partial charge in [-0.1, -0.05) is 17.3 Å². The average Bonchev–Trinajstić information content (AvgIpc) is 3.53. The average molecular weight is 517 g/mol. The van der Waals surface area contributed by atoms with Gasteiger partial charge in [0.05, 0.1) is 11.8 Å². The highest BCUT2D eigenvalue weighted by Gasteiger charge is 2.30. The third-order valence-electron chi connectivity index (χ3n) is 5.97. The van der Waals surface area contributed by atoms with E-state index >= 15 is 0 Å². The molecule has 2 aromatic heterocycles. The number of unbranched alkanes of at least 4 members (excludes halogenated alkanes) is 1. The molecule has 1 aliphatic rings. The van der Waals surface area contributed by atoms with E-state index in [2.05, 4.69) is 20.9 Å². The van der Waals surface area contributed by atoms with Crippen molar-refractivity contribution in [2.24, 2.45) is 5.92 Å². The molecular formula is C25H27F3N6O3. The van der Waals surface area contributed by atoms with E-state index in [4.69, 9.17) is 0 Å². The molecule has 0 saturated heterocycles. The topological polar surface area (TPSA) is 111 Å². The second-order valence-corrected chi connectivity index (χ2v) is 9.10. The second-order valence-electron chi connectivity index (χ2n) is 9.10. The minimum atomic E-state index is -4.45. The summed E-state index contributed by atoms with van der Waals surface area (Å²) in [6.45, 7) is 0.874. The molecule has 2 amide bonds. The van der Waals surface area contributed by atoms with E-state index < -0.39 is 17.6 Å². The Hall–Kier alpha value is -3.96. The lowest BCUT2D eigenvalue weighted by atomic mass is 10.1. The second kappa shape index (κ2) is 11.4. The maximum Gasteiger partial charge on any atom is 0.416 e. The van der Waals surface area contributed by atoms with Gasteiger partial charge in [-0.05, 0) is 55.4 Å². The number of nitrogens with zero attached hydrogens (tertiary/aromatic N) is 4. The van der Waals surface area contributed by atoms with Gasteiger partial charge >= 0.3 is 6.18 Å². The fourth-order valence-corrected chi connectivity index (χ4v) is 3.76. The van der Waals surface area contributed by atoms with Crippen LogP contribution in [0.1, 0.15) is 53.7 Å². The molecule has 0 radical (unpaired) electrons. The van der Waals surface area contributed by atoms with Crippen molar-refractivity contribution in [1.29, 1.82) is 0 Å². The normalized spacial score (nSPS) is 13.4. The summed E-state index contributed by atoms with van der Waals surface area (Å²) in [5.74, 6) is -0.143. The number of halogens is 3. The van der Waals surface area contributed by atoms with Crippen LogP contribution in [-0.4, -0.2) is 31.4 Å². The van der Waals surface area contributed by atoms with Crippen LogP contribution in [0.15, 0.2) is 53.6 Å². The van der Waals surface area contributed by atoms with Crippen LogP contribution in [0.5, 0.6) is 0 Å². The molecule has 1 aromatic carbocycles. The molecule has 196 valence electrons. The summed E-state index contributed by atoms with van der Waals surface area (Å²) in [5.41, 5.74) is -0.112. The number of carbonyl (C=O) groups excluding carboxylic acids is 2. The SMILES string of the molecule is O=C(CC1CC1)Nc1ccn(CCCCn2cc(C(=O)NCc3cccc(C(F)(F)F)c3)nn2)c(=O)c1. The number of anilines is 1. The van der Waals surface area contributed by atoms with Crippen LogP contribution in [0.2, 0.25) is 0 Å². The Morgan fingerprint density at radius 2 is 1.86 bits per heavy atom. The summed E-state index contributed by atoms with van der Waals surface area (Å²) in [6, 6.07) is 7.85. The number of alkyl halides is 3. The zero-order valence-corrected chi connectivity index (χ0v) is 20.0. The fourth-order valence-electron chi connectivity index (χ4n) is 3.76. The van der Waals surface area contributed by atoms with E-state index in [1.807, 2.05) is 0 Å². The molecule has 12 heteroatoms. The Kier molecular flexibility index (Phi) is 8.04. The third kappa shape index (κ3) is 7.76. The zero-order valence-electron chi connectivity index (χ0n) is 20.0. The maximum absolute atomic E-state index is 12.8. The lowest BCUT2D eigenvalue weighted by molar-refractivity contribution is -0.137. The predicted molar refractivity (Wildman–Crippen MR) is 129 cm³/mol. The van der Waals surface area contributed by atoms with Gasteiger partial charge in [-0.3, -0.25) is 19.1 Å². The van der Waals surface area contributed by atoms with Crippen molar-refractivity contribution in [2.45, 2.75) is 57.9 Å². The Balaban J connectivity index is 1.19. The third-order valence-corrected chi connectivity index (χ3v) is 5.97. The maximum atomic E-state index is 12.8. The number of carbonyl (C=O) groups is 2. The van der Waals surface area contributed by atoms with Crippen LogP contribution < -0.4 is 16.2 Å². The van der Waals surface area contributed by atoms with Crippen molar-refractivity contribution in [3.05, 3.63) is 76.0 Å². The molecule has 37 heavy (non-hydrogen) atoms.